The van der Waals surface area contributed by atoms with Crippen LogP contribution >= 0.6 is 0 Å². The third kappa shape index (κ3) is 3.90. The van der Waals surface area contributed by atoms with Crippen LogP contribution in [0.4, 0.5) is 22.0 Å². The molecule has 34 heavy (non-hydrogen) atoms. The van der Waals surface area contributed by atoms with E-state index in [-0.39, 0.29) is 0 Å². The third-order valence-corrected chi connectivity index (χ3v) is 7.84. The summed E-state index contributed by atoms with van der Waals surface area (Å²) in [5.74, 6) is -4.45. The molecule has 1 saturated heterocycles. The summed E-state index contributed by atoms with van der Waals surface area (Å²) in [5.41, 5.74) is -3.56. The highest BCUT2D eigenvalue weighted by molar-refractivity contribution is 7.88. The second-order valence-corrected chi connectivity index (χ2v) is 10.6. The molecule has 186 valence electrons. The lowest BCUT2D eigenvalue weighted by Gasteiger charge is -2.47. The number of rotatable bonds is 5. The van der Waals surface area contributed by atoms with Gasteiger partial charge in [-0.2, -0.15) is 26.3 Å². The number of sulfonamides is 1. The van der Waals surface area contributed by atoms with Gasteiger partial charge < -0.3 is 5.11 Å². The fraction of sp³-hybridized carbons (Fsp3) is 0.500. The molecule has 2 heterocycles. The number of benzene rings is 1. The third-order valence-electron chi connectivity index (χ3n) is 6.54. The van der Waals surface area contributed by atoms with Gasteiger partial charge in [0.15, 0.2) is 0 Å². The van der Waals surface area contributed by atoms with Gasteiger partial charge in [0, 0.05) is 55.6 Å². The Morgan fingerprint density at radius 1 is 1.09 bits per heavy atom. The smallest absolute Gasteiger partial charge is 0.371 e. The number of hydrogen-bond donors (Lipinski definition) is 1. The molecule has 4 rings (SSSR count). The molecule has 6 nitrogen and oxygen atoms in total. The van der Waals surface area contributed by atoms with Crippen molar-refractivity contribution >= 4 is 10.0 Å². The zero-order chi connectivity index (χ0) is 25.1. The van der Waals surface area contributed by atoms with Gasteiger partial charge in [-0.1, -0.05) is 19.1 Å². The van der Waals surface area contributed by atoms with Gasteiger partial charge in [0.05, 0.1) is 11.9 Å². The van der Waals surface area contributed by atoms with E-state index in [0.717, 1.165) is 17.7 Å². The summed E-state index contributed by atoms with van der Waals surface area (Å²) in [4.78, 5) is 6.47. The Balaban J connectivity index is 1.56. The second kappa shape index (κ2) is 8.21. The molecule has 0 amide bonds. The largest absolute Gasteiger partial charge is 0.427 e. The topological polar surface area (TPSA) is 73.7 Å². The van der Waals surface area contributed by atoms with Crippen molar-refractivity contribution in [2.24, 2.45) is 0 Å². The lowest BCUT2D eigenvalue weighted by molar-refractivity contribution is -0.364. The minimum Gasteiger partial charge on any atom is -0.371 e. The van der Waals surface area contributed by atoms with Crippen molar-refractivity contribution in [3.05, 3.63) is 52.8 Å². The van der Waals surface area contributed by atoms with Crippen LogP contribution in [-0.2, 0) is 34.5 Å². The quantitative estimate of drug-likeness (QED) is 0.632. The van der Waals surface area contributed by atoms with Gasteiger partial charge in [0.25, 0.3) is 5.60 Å². The van der Waals surface area contributed by atoms with Gasteiger partial charge >= 0.3 is 12.1 Å². The van der Waals surface area contributed by atoms with Crippen LogP contribution in [-0.4, -0.2) is 66.3 Å². The highest BCUT2D eigenvalue weighted by atomic mass is 32.2. The minimum atomic E-state index is -5.50. The van der Waals surface area contributed by atoms with Crippen LogP contribution in [0.3, 0.4) is 0 Å². The summed E-state index contributed by atoms with van der Waals surface area (Å²) in [7, 11) is -3.24. The number of fused-ring (bicyclic) bond motifs is 1. The molecule has 1 aliphatic heterocycles. The summed E-state index contributed by atoms with van der Waals surface area (Å²) in [6.07, 6.45) is -2.29. The molecule has 0 bridgehead atoms. The van der Waals surface area contributed by atoms with Crippen molar-refractivity contribution in [1.82, 2.24) is 14.2 Å². The monoisotopic (exact) mass is 505 g/mol. The molecule has 1 aromatic carbocycles. The number of alkyl halides is 5. The normalized spacial score (nSPS) is 23.4. The van der Waals surface area contributed by atoms with Gasteiger partial charge in [0.2, 0.25) is 10.0 Å². The highest BCUT2D eigenvalue weighted by Crippen LogP contribution is 2.63. The number of aryl methyl sites for hydroxylation is 1. The molecule has 1 fully saturated rings. The number of hydrogen-bond acceptors (Lipinski definition) is 5. The molecule has 1 unspecified atom stereocenters. The van der Waals surface area contributed by atoms with Gasteiger partial charge in [-0.25, -0.2) is 8.42 Å². The van der Waals surface area contributed by atoms with Gasteiger partial charge in [0.1, 0.15) is 0 Å². The fourth-order valence-corrected chi connectivity index (χ4v) is 5.38. The number of aliphatic hydroxyl groups is 1. The van der Waals surface area contributed by atoms with E-state index in [0.29, 0.717) is 56.0 Å². The Morgan fingerprint density at radius 3 is 2.29 bits per heavy atom. The van der Waals surface area contributed by atoms with Gasteiger partial charge in [-0.3, -0.25) is 9.88 Å². The Hall–Kier alpha value is -2.15. The zero-order valence-electron chi connectivity index (χ0n) is 18.5. The summed E-state index contributed by atoms with van der Waals surface area (Å²) in [5, 5.41) is 9.71. The molecule has 0 saturated carbocycles. The minimum absolute atomic E-state index is 0.292. The lowest BCUT2D eigenvalue weighted by Crippen LogP contribution is -2.62. The van der Waals surface area contributed by atoms with E-state index in [1.54, 1.807) is 0 Å². The van der Waals surface area contributed by atoms with E-state index >= 15 is 0 Å². The van der Waals surface area contributed by atoms with Crippen molar-refractivity contribution in [2.45, 2.75) is 37.6 Å². The van der Waals surface area contributed by atoms with Crippen molar-refractivity contribution < 1.29 is 35.5 Å². The number of nitrogens with zero attached hydrogens (tertiary/aromatic N) is 3. The number of piperazine rings is 1. The summed E-state index contributed by atoms with van der Waals surface area (Å²) in [6.45, 7) is 4.19. The average Bonchev–Trinajstić information content (AvgIpc) is 2.77. The number of halogens is 5. The van der Waals surface area contributed by atoms with E-state index in [4.69, 9.17) is 0 Å². The van der Waals surface area contributed by atoms with E-state index in [9.17, 15) is 35.5 Å². The first kappa shape index (κ1) is 25.0. The molecular formula is C22H24F5N3O3S. The molecule has 1 aromatic heterocycles. The van der Waals surface area contributed by atoms with Crippen LogP contribution in [0.25, 0.3) is 11.1 Å². The predicted molar refractivity (Wildman–Crippen MR) is 115 cm³/mol. The van der Waals surface area contributed by atoms with Crippen LogP contribution in [0, 0.1) is 0 Å². The molecule has 0 radical (unpaired) electrons. The summed E-state index contributed by atoms with van der Waals surface area (Å²) >= 11 is 0. The Kier molecular flexibility index (Phi) is 6.03. The van der Waals surface area contributed by atoms with Crippen molar-refractivity contribution in [3.63, 3.8) is 0 Å². The molecule has 12 heteroatoms. The molecular weight excluding hydrogens is 481 g/mol. The molecule has 1 atom stereocenters. The molecule has 2 aromatic rings. The van der Waals surface area contributed by atoms with Crippen molar-refractivity contribution in [1.29, 1.82) is 0 Å². The second-order valence-electron chi connectivity index (χ2n) is 8.67. The van der Waals surface area contributed by atoms with Crippen LogP contribution in [0.15, 0.2) is 30.5 Å². The van der Waals surface area contributed by atoms with Crippen molar-refractivity contribution in [3.8, 4) is 11.1 Å². The maximum absolute atomic E-state index is 14.3. The standard InChI is InChI=1S/C22H24F5N3O3S/c1-3-14-10-16(13-29-6-8-30(9-7-29)34(2,32)33)28-12-17(14)15-4-5-18-19(11-15)21(23,24)20(18,31)22(25,26)27/h4-5,10-12,31H,3,6-9,13H2,1-2H3. The zero-order valence-corrected chi connectivity index (χ0v) is 19.3. The highest BCUT2D eigenvalue weighted by Gasteiger charge is 2.78. The Bertz CT molecular complexity index is 1210. The Labute approximate surface area is 194 Å². The first-order valence-electron chi connectivity index (χ1n) is 10.7. The van der Waals surface area contributed by atoms with E-state index in [2.05, 4.69) is 9.88 Å². The van der Waals surface area contributed by atoms with Crippen LogP contribution in [0.2, 0.25) is 0 Å². The SMILES string of the molecule is CCc1cc(CN2CCN(S(C)(=O)=O)CC2)ncc1-c1ccc2c(c1)C(F)(F)C2(O)C(F)(F)F. The van der Waals surface area contributed by atoms with E-state index in [1.807, 2.05) is 13.0 Å². The number of aromatic nitrogens is 1. The summed E-state index contributed by atoms with van der Waals surface area (Å²) < 4.78 is 92.9. The van der Waals surface area contributed by atoms with Gasteiger partial charge in [-0.15, -0.1) is 0 Å². The molecule has 2 aliphatic rings. The predicted octanol–water partition coefficient (Wildman–Crippen LogP) is 3.24. The summed E-state index contributed by atoms with van der Waals surface area (Å²) in [6, 6.07) is 4.98. The maximum Gasteiger partial charge on any atom is 0.427 e. The first-order valence-corrected chi connectivity index (χ1v) is 12.5. The fourth-order valence-electron chi connectivity index (χ4n) is 4.55. The first-order chi connectivity index (χ1) is 15.7. The van der Waals surface area contributed by atoms with Crippen LogP contribution < -0.4 is 0 Å². The van der Waals surface area contributed by atoms with Crippen LogP contribution in [0.5, 0.6) is 0 Å². The lowest BCUT2D eigenvalue weighted by atomic mass is 9.68. The Morgan fingerprint density at radius 2 is 1.74 bits per heavy atom. The number of pyridine rings is 1. The molecule has 0 spiro atoms. The van der Waals surface area contributed by atoms with Crippen molar-refractivity contribution in [2.75, 3.05) is 32.4 Å². The molecule has 1 aliphatic carbocycles. The van der Waals surface area contributed by atoms with E-state index < -0.39 is 38.9 Å². The maximum atomic E-state index is 14.3. The van der Waals surface area contributed by atoms with Gasteiger partial charge in [-0.05, 0) is 29.7 Å². The average molecular weight is 506 g/mol. The molecule has 1 N–H and O–H groups in total. The van der Waals surface area contributed by atoms with Crippen LogP contribution in [0.1, 0.15) is 29.3 Å². The van der Waals surface area contributed by atoms with E-state index in [1.165, 1.54) is 22.8 Å².